The molecule has 0 spiro atoms. The van der Waals surface area contributed by atoms with Gasteiger partial charge in [-0.15, -0.1) is 0 Å². The summed E-state index contributed by atoms with van der Waals surface area (Å²) in [6, 6.07) is 24.0. The molecule has 0 aliphatic heterocycles. The number of phenolic OH excluding ortho intramolecular Hbond substituents is 1. The number of nitrogens with zero attached hydrogens (tertiary/aromatic N) is 5. The van der Waals surface area contributed by atoms with Crippen molar-refractivity contribution in [2.24, 2.45) is 15.5 Å². The predicted molar refractivity (Wildman–Crippen MR) is 150 cm³/mol. The van der Waals surface area contributed by atoms with Gasteiger partial charge in [0.1, 0.15) is 6.61 Å². The van der Waals surface area contributed by atoms with E-state index >= 15 is 0 Å². The minimum absolute atomic E-state index is 0.0754. The van der Waals surface area contributed by atoms with Crippen molar-refractivity contribution in [3.8, 4) is 17.2 Å². The fourth-order valence-corrected chi connectivity index (χ4v) is 3.33. The molecule has 0 aliphatic rings. The predicted octanol–water partition coefficient (Wildman–Crippen LogP) is 5.59. The van der Waals surface area contributed by atoms with Gasteiger partial charge < -0.3 is 19.6 Å². The lowest BCUT2D eigenvalue weighted by molar-refractivity contribution is -0.386. The van der Waals surface area contributed by atoms with Crippen LogP contribution in [0.2, 0.25) is 0 Å². The largest absolute Gasteiger partial charge is 0.502 e. The van der Waals surface area contributed by atoms with Gasteiger partial charge in [-0.2, -0.15) is 0 Å². The van der Waals surface area contributed by atoms with Crippen molar-refractivity contribution in [1.82, 2.24) is 0 Å². The summed E-state index contributed by atoms with van der Waals surface area (Å²) in [7, 11) is 0. The average Bonchev–Trinajstić information content (AvgIpc) is 2.97. The van der Waals surface area contributed by atoms with Gasteiger partial charge in [0.05, 0.1) is 28.5 Å². The van der Waals surface area contributed by atoms with E-state index < -0.39 is 21.3 Å². The maximum Gasteiger partial charge on any atom is 0.315 e. The van der Waals surface area contributed by atoms with Gasteiger partial charge in [-0.25, -0.2) is 0 Å². The summed E-state index contributed by atoms with van der Waals surface area (Å²) in [6.45, 7) is 0.261. The van der Waals surface area contributed by atoms with Crippen molar-refractivity contribution in [2.75, 3.05) is 0 Å². The summed E-state index contributed by atoms with van der Waals surface area (Å²) in [5.41, 5.74) is 1.50. The number of nitro groups is 2. The molecular weight excluding hydrogens is 534 g/mol. The molecule has 4 aromatic rings. The van der Waals surface area contributed by atoms with E-state index in [0.717, 1.165) is 11.6 Å². The minimum Gasteiger partial charge on any atom is -0.502 e. The number of nitro benzene ring substituents is 2. The molecule has 1 N–H and O–H groups in total. The third-order valence-electron chi connectivity index (χ3n) is 5.30. The summed E-state index contributed by atoms with van der Waals surface area (Å²) in [5.74, 6) is -0.210. The Morgan fingerprint density at radius 3 is 2.05 bits per heavy atom. The molecular formula is C28H21N5O8. The normalized spacial score (nSPS) is 11.2. The maximum atomic E-state index is 11.6. The molecule has 0 saturated heterocycles. The van der Waals surface area contributed by atoms with E-state index in [4.69, 9.17) is 14.5 Å². The lowest BCUT2D eigenvalue weighted by atomic mass is 10.2. The van der Waals surface area contributed by atoms with Gasteiger partial charge >= 0.3 is 11.4 Å². The van der Waals surface area contributed by atoms with Crippen LogP contribution < -0.4 is 9.68 Å². The topological polar surface area (TPSA) is 171 Å². The first kappa shape index (κ1) is 27.9. The summed E-state index contributed by atoms with van der Waals surface area (Å²) in [6.07, 6.45) is 3.94. The quantitative estimate of drug-likeness (QED) is 0.134. The van der Waals surface area contributed by atoms with E-state index in [1.807, 2.05) is 30.3 Å². The highest BCUT2D eigenvalue weighted by Crippen LogP contribution is 2.28. The summed E-state index contributed by atoms with van der Waals surface area (Å²) < 4.78 is 0. The van der Waals surface area contributed by atoms with E-state index in [9.17, 15) is 25.3 Å². The third-order valence-corrected chi connectivity index (χ3v) is 5.30. The first-order valence-corrected chi connectivity index (χ1v) is 11.8. The van der Waals surface area contributed by atoms with E-state index in [1.165, 1.54) is 42.9 Å². The Balaban J connectivity index is 1.35. The molecule has 0 aliphatic carbocycles. The molecule has 0 amide bonds. The second-order valence-corrected chi connectivity index (χ2v) is 8.21. The monoisotopic (exact) mass is 555 g/mol. The lowest BCUT2D eigenvalue weighted by Crippen LogP contribution is -1.96. The first-order chi connectivity index (χ1) is 19.9. The fraction of sp³-hybridized carbons (Fsp3) is 0.0357. The summed E-state index contributed by atoms with van der Waals surface area (Å²) >= 11 is 0. The summed E-state index contributed by atoms with van der Waals surface area (Å²) in [4.78, 5) is 37.0. The van der Waals surface area contributed by atoms with Crippen LogP contribution in [0.1, 0.15) is 22.3 Å². The minimum atomic E-state index is -0.709. The van der Waals surface area contributed by atoms with Crippen molar-refractivity contribution in [3.63, 3.8) is 0 Å². The van der Waals surface area contributed by atoms with Crippen LogP contribution in [0.3, 0.4) is 0 Å². The number of hydrogen-bond donors (Lipinski definition) is 1. The maximum absolute atomic E-state index is 11.6. The second-order valence-electron chi connectivity index (χ2n) is 8.21. The highest BCUT2D eigenvalue weighted by atomic mass is 16.7. The Labute approximate surface area is 232 Å². The number of benzene rings is 4. The van der Waals surface area contributed by atoms with Gasteiger partial charge in [0.2, 0.25) is 5.75 Å². The SMILES string of the molecule is O=[N+]([O-])c1cc(/C=N/Oc2cccc(/C=N/Oc3ccc(/C=N/OCc4ccccc4)cc3[N+](=O)[O-])c2)ccc1O. The van der Waals surface area contributed by atoms with Gasteiger partial charge in [-0.3, -0.25) is 20.2 Å². The molecule has 0 radical (unpaired) electrons. The van der Waals surface area contributed by atoms with Crippen LogP contribution in [0.25, 0.3) is 0 Å². The van der Waals surface area contributed by atoms with Crippen molar-refractivity contribution in [2.45, 2.75) is 6.61 Å². The zero-order chi connectivity index (χ0) is 29.0. The van der Waals surface area contributed by atoms with E-state index in [-0.39, 0.29) is 18.0 Å². The molecule has 0 fully saturated rings. The van der Waals surface area contributed by atoms with Crippen molar-refractivity contribution in [1.29, 1.82) is 0 Å². The van der Waals surface area contributed by atoms with Crippen LogP contribution in [0.15, 0.2) is 106 Å². The van der Waals surface area contributed by atoms with Gasteiger partial charge in [0.25, 0.3) is 0 Å². The van der Waals surface area contributed by atoms with Crippen molar-refractivity contribution >= 4 is 30.0 Å². The smallest absolute Gasteiger partial charge is 0.315 e. The molecule has 4 rings (SSSR count). The molecule has 0 unspecified atom stereocenters. The Morgan fingerprint density at radius 2 is 1.32 bits per heavy atom. The van der Waals surface area contributed by atoms with Gasteiger partial charge in [0, 0.05) is 23.3 Å². The Hall–Kier alpha value is -6.11. The van der Waals surface area contributed by atoms with Crippen LogP contribution in [0, 0.1) is 20.2 Å². The van der Waals surface area contributed by atoms with Gasteiger partial charge in [0.15, 0.2) is 11.5 Å². The molecule has 13 nitrogen and oxygen atoms in total. The number of hydrogen-bond acceptors (Lipinski definition) is 11. The Morgan fingerprint density at radius 1 is 0.683 bits per heavy atom. The molecule has 0 saturated carbocycles. The van der Waals surface area contributed by atoms with Crippen LogP contribution in [-0.2, 0) is 11.4 Å². The van der Waals surface area contributed by atoms with E-state index in [2.05, 4.69) is 15.5 Å². The number of aromatic hydroxyl groups is 1. The van der Waals surface area contributed by atoms with E-state index in [0.29, 0.717) is 22.4 Å². The first-order valence-electron chi connectivity index (χ1n) is 11.8. The molecule has 0 bridgehead atoms. The lowest BCUT2D eigenvalue weighted by Gasteiger charge is -2.03. The number of oxime groups is 3. The standard InChI is InChI=1S/C28H21N5O8/c34-27-11-9-22(14-25(27)32(35)36)18-30-40-24-8-4-7-21(13-24)17-31-41-28-12-10-23(15-26(28)33(37)38)16-29-39-19-20-5-2-1-3-6-20/h1-18,34H,19H2/b29-16+,30-18+,31-17+. The van der Waals surface area contributed by atoms with Gasteiger partial charge in [-0.05, 0) is 47.5 Å². The highest BCUT2D eigenvalue weighted by molar-refractivity contribution is 5.82. The summed E-state index contributed by atoms with van der Waals surface area (Å²) in [5, 5.41) is 43.5. The number of phenols is 1. The van der Waals surface area contributed by atoms with Crippen molar-refractivity contribution in [3.05, 3.63) is 133 Å². The second kappa shape index (κ2) is 13.6. The zero-order valence-electron chi connectivity index (χ0n) is 21.1. The van der Waals surface area contributed by atoms with Crippen LogP contribution in [0.5, 0.6) is 17.2 Å². The van der Waals surface area contributed by atoms with E-state index in [1.54, 1.807) is 30.3 Å². The molecule has 4 aromatic carbocycles. The average molecular weight is 556 g/mol. The van der Waals surface area contributed by atoms with Crippen LogP contribution >= 0.6 is 0 Å². The number of rotatable bonds is 12. The molecule has 41 heavy (non-hydrogen) atoms. The van der Waals surface area contributed by atoms with Crippen LogP contribution in [0.4, 0.5) is 11.4 Å². The molecule has 0 heterocycles. The molecule has 206 valence electrons. The molecule has 0 atom stereocenters. The Bertz CT molecular complexity index is 1620. The van der Waals surface area contributed by atoms with Gasteiger partial charge in [-0.1, -0.05) is 57.9 Å². The third kappa shape index (κ3) is 8.19. The highest BCUT2D eigenvalue weighted by Gasteiger charge is 2.16. The molecule has 0 aromatic heterocycles. The zero-order valence-corrected chi connectivity index (χ0v) is 21.1. The van der Waals surface area contributed by atoms with Crippen LogP contribution in [-0.4, -0.2) is 33.6 Å². The molecule has 13 heteroatoms. The Kier molecular flexibility index (Phi) is 9.27. The fourth-order valence-electron chi connectivity index (χ4n) is 3.33. The van der Waals surface area contributed by atoms with Crippen molar-refractivity contribution < 1.29 is 29.5 Å².